The fourth-order valence-corrected chi connectivity index (χ4v) is 3.96. The minimum absolute atomic E-state index is 0.108. The van der Waals surface area contributed by atoms with E-state index in [1.165, 1.54) is 12.1 Å². The zero-order valence-electron chi connectivity index (χ0n) is 20.4. The first kappa shape index (κ1) is 25.2. The third-order valence-electron chi connectivity index (χ3n) is 5.93. The highest BCUT2D eigenvalue weighted by atomic mass is 19.4. The van der Waals surface area contributed by atoms with Crippen LogP contribution in [0.5, 0.6) is 5.88 Å². The van der Waals surface area contributed by atoms with Gasteiger partial charge in [-0.3, -0.25) is 20.0 Å². The Morgan fingerprint density at radius 3 is 2.42 bits per heavy atom. The van der Waals surface area contributed by atoms with Crippen LogP contribution in [0.2, 0.25) is 0 Å². The van der Waals surface area contributed by atoms with Crippen molar-refractivity contribution in [2.75, 3.05) is 19.3 Å². The first-order valence-corrected chi connectivity index (χ1v) is 11.7. The molecule has 38 heavy (non-hydrogen) atoms. The van der Waals surface area contributed by atoms with Crippen LogP contribution in [-0.2, 0) is 17.6 Å². The third-order valence-corrected chi connectivity index (χ3v) is 5.93. The van der Waals surface area contributed by atoms with Gasteiger partial charge in [-0.05, 0) is 47.5 Å². The van der Waals surface area contributed by atoms with Crippen LogP contribution in [0.1, 0.15) is 11.1 Å². The van der Waals surface area contributed by atoms with Crippen LogP contribution in [0.15, 0.2) is 91.4 Å². The molecule has 0 aliphatic rings. The number of rotatable bonds is 9. The molecule has 0 saturated carbocycles. The van der Waals surface area contributed by atoms with Crippen molar-refractivity contribution < 1.29 is 22.7 Å². The molecule has 194 valence electrons. The number of imidazole rings is 1. The number of hydrogen-bond acceptors (Lipinski definition) is 6. The van der Waals surface area contributed by atoms with E-state index in [9.17, 15) is 13.2 Å². The van der Waals surface area contributed by atoms with Crippen LogP contribution >= 0.6 is 0 Å². The van der Waals surface area contributed by atoms with E-state index in [1.54, 1.807) is 13.3 Å². The maximum atomic E-state index is 12.8. The second-order valence-corrected chi connectivity index (χ2v) is 8.47. The van der Waals surface area contributed by atoms with Gasteiger partial charge in [-0.15, -0.1) is 0 Å². The minimum Gasteiger partial charge on any atom is -0.481 e. The number of ether oxygens (including phenoxy) is 1. The summed E-state index contributed by atoms with van der Waals surface area (Å²) in [5, 5.41) is 3.09. The predicted octanol–water partition coefficient (Wildman–Crippen LogP) is 6.18. The van der Waals surface area contributed by atoms with E-state index in [0.29, 0.717) is 12.4 Å². The van der Waals surface area contributed by atoms with Gasteiger partial charge in [0.05, 0.1) is 30.3 Å². The van der Waals surface area contributed by atoms with Crippen molar-refractivity contribution in [3.63, 3.8) is 0 Å². The van der Waals surface area contributed by atoms with E-state index >= 15 is 0 Å². The molecule has 10 heteroatoms. The number of halogens is 3. The van der Waals surface area contributed by atoms with Gasteiger partial charge in [-0.25, -0.2) is 9.97 Å². The lowest BCUT2D eigenvalue weighted by atomic mass is 10.1. The van der Waals surface area contributed by atoms with Crippen LogP contribution in [0.3, 0.4) is 0 Å². The quantitative estimate of drug-likeness (QED) is 0.138. The Balaban J connectivity index is 1.16. The summed E-state index contributed by atoms with van der Waals surface area (Å²) in [6.45, 7) is 0.633. The van der Waals surface area contributed by atoms with E-state index in [-0.39, 0.29) is 12.4 Å². The third kappa shape index (κ3) is 5.77. The zero-order chi connectivity index (χ0) is 26.5. The van der Waals surface area contributed by atoms with Crippen molar-refractivity contribution in [2.45, 2.75) is 12.7 Å². The van der Waals surface area contributed by atoms with Crippen molar-refractivity contribution in [3.8, 4) is 28.3 Å². The monoisotopic (exact) mass is 519 g/mol. The summed E-state index contributed by atoms with van der Waals surface area (Å²) in [6, 6.07) is 20.7. The van der Waals surface area contributed by atoms with Gasteiger partial charge in [0.1, 0.15) is 12.4 Å². The Labute approximate surface area is 216 Å². The molecule has 0 radical (unpaired) electrons. The molecule has 2 aromatic carbocycles. The molecule has 5 aromatic rings. The summed E-state index contributed by atoms with van der Waals surface area (Å²) in [4.78, 5) is 14.1. The van der Waals surface area contributed by atoms with E-state index in [1.807, 2.05) is 65.3 Å². The van der Waals surface area contributed by atoms with Crippen LogP contribution in [0.25, 0.3) is 28.0 Å². The van der Waals surface area contributed by atoms with E-state index in [4.69, 9.17) is 9.57 Å². The number of aromatic nitrogens is 3. The van der Waals surface area contributed by atoms with Crippen molar-refractivity contribution in [1.29, 1.82) is 0 Å². The molecule has 0 spiro atoms. The topological polar surface area (TPSA) is 72.7 Å². The van der Waals surface area contributed by atoms with Crippen molar-refractivity contribution in [3.05, 3.63) is 103 Å². The normalized spacial score (nSPS) is 11.6. The Bertz CT molecular complexity index is 1520. The first-order valence-electron chi connectivity index (χ1n) is 11.7. The van der Waals surface area contributed by atoms with Gasteiger partial charge in [0.25, 0.3) is 0 Å². The fraction of sp³-hybridized carbons (Fsp3) is 0.143. The van der Waals surface area contributed by atoms with Gasteiger partial charge in [0, 0.05) is 36.1 Å². The fourth-order valence-electron chi connectivity index (χ4n) is 3.96. The van der Waals surface area contributed by atoms with Crippen LogP contribution in [0.4, 0.5) is 18.9 Å². The smallest absolute Gasteiger partial charge is 0.416 e. The van der Waals surface area contributed by atoms with Gasteiger partial charge in [-0.2, -0.15) is 13.2 Å². The van der Waals surface area contributed by atoms with Gasteiger partial charge in [-0.1, -0.05) is 30.3 Å². The van der Waals surface area contributed by atoms with Gasteiger partial charge in [0.15, 0.2) is 0 Å². The van der Waals surface area contributed by atoms with Crippen molar-refractivity contribution >= 4 is 11.3 Å². The lowest BCUT2D eigenvalue weighted by Crippen LogP contribution is -2.20. The maximum Gasteiger partial charge on any atom is 0.416 e. The average molecular weight is 520 g/mol. The lowest BCUT2D eigenvalue weighted by molar-refractivity contribution is -0.137. The molecule has 3 aromatic heterocycles. The molecule has 5 rings (SSSR count). The second-order valence-electron chi connectivity index (χ2n) is 8.47. The highest BCUT2D eigenvalue weighted by molar-refractivity contribution is 5.70. The number of benzene rings is 2. The molecular weight excluding hydrogens is 495 g/mol. The number of anilines is 1. The molecule has 0 atom stereocenters. The van der Waals surface area contributed by atoms with E-state index in [0.717, 1.165) is 45.7 Å². The average Bonchev–Trinajstić information content (AvgIpc) is 3.36. The maximum absolute atomic E-state index is 12.8. The number of alkyl halides is 3. The Morgan fingerprint density at radius 1 is 0.868 bits per heavy atom. The number of nitrogens with zero attached hydrogens (tertiary/aromatic N) is 3. The summed E-state index contributed by atoms with van der Waals surface area (Å²) in [5.74, 6) is 0.566. The summed E-state index contributed by atoms with van der Waals surface area (Å²) < 4.78 is 45.6. The second kappa shape index (κ2) is 10.9. The number of methoxy groups -OCH3 is 1. The molecule has 0 aliphatic heterocycles. The van der Waals surface area contributed by atoms with Crippen LogP contribution < -0.4 is 15.5 Å². The largest absolute Gasteiger partial charge is 0.481 e. The summed E-state index contributed by atoms with van der Waals surface area (Å²) in [6.07, 6.45) is 1.20. The molecule has 0 aliphatic carbocycles. The molecule has 0 unspecified atom stereocenters. The zero-order valence-corrected chi connectivity index (χ0v) is 20.4. The summed E-state index contributed by atoms with van der Waals surface area (Å²) in [7, 11) is 1.59. The van der Waals surface area contributed by atoms with Gasteiger partial charge < -0.3 is 4.74 Å². The molecule has 2 N–H and O–H groups in total. The Hall–Kier alpha value is -4.41. The van der Waals surface area contributed by atoms with Gasteiger partial charge in [0.2, 0.25) is 5.88 Å². The number of hydrogen-bond donors (Lipinski definition) is 2. The van der Waals surface area contributed by atoms with Crippen molar-refractivity contribution in [2.24, 2.45) is 0 Å². The number of pyridine rings is 2. The predicted molar refractivity (Wildman–Crippen MR) is 138 cm³/mol. The summed E-state index contributed by atoms with van der Waals surface area (Å²) in [5.41, 5.74) is 7.84. The Morgan fingerprint density at radius 2 is 1.68 bits per heavy atom. The SMILES string of the molecule is COc1ccc(-c2ccn3c(-c4ccc(CNCONc5cccc(C(F)(F)F)c5)cc4)cnc3c2)cn1. The summed E-state index contributed by atoms with van der Waals surface area (Å²) >= 11 is 0. The number of nitrogens with one attached hydrogen (secondary N) is 2. The molecular formula is C28H24F3N5O2. The molecule has 0 saturated heterocycles. The lowest BCUT2D eigenvalue weighted by Gasteiger charge is -2.11. The standard InChI is InChI=1S/C28H24F3N5O2/c1-37-27-10-9-22(16-34-27)21-11-12-36-25(17-33-26(36)13-21)20-7-5-19(6-8-20)15-32-18-38-35-24-4-2-3-23(14-24)28(29,30)31/h2-14,16-17,32,35H,15,18H2,1H3. The molecule has 0 bridgehead atoms. The van der Waals surface area contributed by atoms with Crippen molar-refractivity contribution in [1.82, 2.24) is 19.7 Å². The van der Waals surface area contributed by atoms with E-state index in [2.05, 4.69) is 20.8 Å². The highest BCUT2D eigenvalue weighted by Gasteiger charge is 2.30. The molecule has 3 heterocycles. The number of fused-ring (bicyclic) bond motifs is 1. The van der Waals surface area contributed by atoms with Crippen LogP contribution in [-0.4, -0.2) is 28.2 Å². The first-order chi connectivity index (χ1) is 18.4. The highest BCUT2D eigenvalue weighted by Crippen LogP contribution is 2.30. The Kier molecular flexibility index (Phi) is 7.25. The molecule has 0 fully saturated rings. The van der Waals surface area contributed by atoms with E-state index < -0.39 is 11.7 Å². The minimum atomic E-state index is -4.40. The van der Waals surface area contributed by atoms with Crippen LogP contribution in [0, 0.1) is 0 Å². The van der Waals surface area contributed by atoms with Gasteiger partial charge >= 0.3 is 6.18 Å². The molecule has 0 amide bonds. The molecule has 7 nitrogen and oxygen atoms in total.